The Hall–Kier alpha value is -2.40. The highest BCUT2D eigenvalue weighted by atomic mass is 32.1. The first-order chi connectivity index (χ1) is 15.5. The van der Waals surface area contributed by atoms with Crippen molar-refractivity contribution in [2.75, 3.05) is 30.5 Å². The summed E-state index contributed by atoms with van der Waals surface area (Å²) >= 11 is 1.59. The molecule has 170 valence electrons. The molecule has 32 heavy (non-hydrogen) atoms. The van der Waals surface area contributed by atoms with Crippen LogP contribution in [0.3, 0.4) is 0 Å². The number of aliphatic hydroxyl groups excluding tert-OH is 2. The number of aliphatic hydroxyl groups is 2. The van der Waals surface area contributed by atoms with Gasteiger partial charge in [0.2, 0.25) is 5.95 Å². The van der Waals surface area contributed by atoms with E-state index in [1.807, 2.05) is 19.9 Å². The Morgan fingerprint density at radius 1 is 1.12 bits per heavy atom. The average Bonchev–Trinajstić information content (AvgIpc) is 3.48. The van der Waals surface area contributed by atoms with Gasteiger partial charge in [-0.15, -0.1) is 11.3 Å². The van der Waals surface area contributed by atoms with Gasteiger partial charge in [0.15, 0.2) is 0 Å². The molecule has 4 heterocycles. The van der Waals surface area contributed by atoms with E-state index in [2.05, 4.69) is 15.6 Å². The number of hydrogen-bond donors (Lipinski definition) is 4. The van der Waals surface area contributed by atoms with E-state index in [0.717, 1.165) is 45.2 Å². The van der Waals surface area contributed by atoms with Crippen molar-refractivity contribution in [2.45, 2.75) is 51.3 Å². The quantitative estimate of drug-likeness (QED) is 0.443. The number of fused-ring (bicyclic) bond motifs is 1. The summed E-state index contributed by atoms with van der Waals surface area (Å²) in [6.07, 6.45) is 3.45. The summed E-state index contributed by atoms with van der Waals surface area (Å²) in [5, 5.41) is 27.6. The third kappa shape index (κ3) is 4.15. The van der Waals surface area contributed by atoms with E-state index < -0.39 is 6.10 Å². The van der Waals surface area contributed by atoms with Crippen molar-refractivity contribution in [3.63, 3.8) is 0 Å². The summed E-state index contributed by atoms with van der Waals surface area (Å²) in [7, 11) is 0. The van der Waals surface area contributed by atoms with Gasteiger partial charge >= 0.3 is 0 Å². The van der Waals surface area contributed by atoms with Crippen LogP contribution in [0.1, 0.15) is 30.7 Å². The van der Waals surface area contributed by atoms with Crippen LogP contribution in [0.2, 0.25) is 0 Å². The van der Waals surface area contributed by atoms with Crippen LogP contribution in [-0.2, 0) is 4.74 Å². The molecular weight excluding hydrogens is 428 g/mol. The number of thiazole rings is 1. The fraction of sp³-hybridized carbons (Fsp3) is 0.545. The summed E-state index contributed by atoms with van der Waals surface area (Å²) < 4.78 is 6.54. The van der Waals surface area contributed by atoms with Gasteiger partial charge in [-0.25, -0.2) is 9.97 Å². The first-order valence-electron chi connectivity index (χ1n) is 11.0. The normalized spacial score (nSPS) is 25.5. The molecule has 2 aliphatic rings. The Morgan fingerprint density at radius 2 is 2.00 bits per heavy atom. The number of pyridine rings is 1. The minimum absolute atomic E-state index is 0.00986. The maximum absolute atomic E-state index is 10.3. The molecule has 1 aliphatic heterocycles. The second-order valence-electron chi connectivity index (χ2n) is 8.65. The van der Waals surface area contributed by atoms with Gasteiger partial charge in [0.1, 0.15) is 16.3 Å². The van der Waals surface area contributed by atoms with Crippen LogP contribution in [0, 0.1) is 19.8 Å². The van der Waals surface area contributed by atoms with Gasteiger partial charge in [0.25, 0.3) is 0 Å². The first-order valence-corrected chi connectivity index (χ1v) is 11.8. The summed E-state index contributed by atoms with van der Waals surface area (Å²) in [6, 6.07) is 2.18. The van der Waals surface area contributed by atoms with E-state index in [0.29, 0.717) is 31.2 Å². The lowest BCUT2D eigenvalue weighted by Gasteiger charge is -2.19. The van der Waals surface area contributed by atoms with Crippen LogP contribution < -0.4 is 10.6 Å². The van der Waals surface area contributed by atoms with Gasteiger partial charge in [0.05, 0.1) is 40.4 Å². The van der Waals surface area contributed by atoms with Crippen LogP contribution >= 0.6 is 11.3 Å². The lowest BCUT2D eigenvalue weighted by atomic mass is 10.1. The van der Waals surface area contributed by atoms with Gasteiger partial charge in [-0.1, -0.05) is 0 Å². The largest absolute Gasteiger partial charge is 0.396 e. The molecule has 2 fully saturated rings. The predicted molar refractivity (Wildman–Crippen MR) is 124 cm³/mol. The molecule has 0 bridgehead atoms. The second-order valence-corrected chi connectivity index (χ2v) is 9.68. The Kier molecular flexibility index (Phi) is 5.93. The number of ether oxygens (including phenoxy) is 1. The van der Waals surface area contributed by atoms with Crippen molar-refractivity contribution in [1.29, 1.82) is 0 Å². The average molecular weight is 457 g/mol. The van der Waals surface area contributed by atoms with E-state index in [4.69, 9.17) is 19.7 Å². The number of aromatic nitrogens is 4. The number of rotatable bonds is 6. The van der Waals surface area contributed by atoms with Crippen LogP contribution in [0.5, 0.6) is 0 Å². The zero-order valence-corrected chi connectivity index (χ0v) is 19.0. The van der Waals surface area contributed by atoms with Gasteiger partial charge in [0, 0.05) is 31.4 Å². The van der Waals surface area contributed by atoms with Gasteiger partial charge < -0.3 is 25.6 Å². The fourth-order valence-electron chi connectivity index (χ4n) is 4.53. The second kappa shape index (κ2) is 8.86. The zero-order chi connectivity index (χ0) is 22.2. The highest BCUT2D eigenvalue weighted by molar-refractivity contribution is 7.21. The van der Waals surface area contributed by atoms with Gasteiger partial charge in [-0.05, 0) is 39.2 Å². The molecule has 1 saturated heterocycles. The van der Waals surface area contributed by atoms with E-state index >= 15 is 0 Å². The molecule has 0 spiro atoms. The van der Waals surface area contributed by atoms with Crippen molar-refractivity contribution in [2.24, 2.45) is 5.92 Å². The number of nitrogens with zero attached hydrogens (tertiary/aromatic N) is 4. The number of aryl methyl sites for hydroxylation is 2. The highest BCUT2D eigenvalue weighted by Gasteiger charge is 2.33. The smallest absolute Gasteiger partial charge is 0.225 e. The van der Waals surface area contributed by atoms with Crippen molar-refractivity contribution < 1.29 is 14.9 Å². The van der Waals surface area contributed by atoms with Gasteiger partial charge in [-0.3, -0.25) is 4.98 Å². The molecule has 3 aromatic heterocycles. The minimum atomic E-state index is -0.520. The van der Waals surface area contributed by atoms with Crippen molar-refractivity contribution in [1.82, 2.24) is 19.9 Å². The van der Waals surface area contributed by atoms with Crippen LogP contribution in [-0.4, -0.2) is 68.2 Å². The molecule has 9 nitrogen and oxygen atoms in total. The van der Waals surface area contributed by atoms with Crippen molar-refractivity contribution >= 4 is 33.3 Å². The summed E-state index contributed by atoms with van der Waals surface area (Å²) in [4.78, 5) is 18.8. The Morgan fingerprint density at radius 3 is 2.72 bits per heavy atom. The summed E-state index contributed by atoms with van der Waals surface area (Å²) in [6.45, 7) is 5.29. The number of anilines is 2. The molecule has 3 aromatic rings. The molecule has 1 aliphatic carbocycles. The summed E-state index contributed by atoms with van der Waals surface area (Å²) in [5.41, 5.74) is 3.47. The number of nitrogens with one attached hydrogen (secondary N) is 2. The third-order valence-corrected chi connectivity index (χ3v) is 7.33. The van der Waals surface area contributed by atoms with Crippen molar-refractivity contribution in [3.05, 3.63) is 23.7 Å². The standard InChI is InChI=1S/C22H28N6O3S/c1-11-18(21-27-19-12(2)23-5-3-17(19)32-21)20(25-15-7-13(9-29)16(30)8-15)28-22(24-11)26-14-4-6-31-10-14/h3,5,13-16,29-30H,4,6-10H2,1-2H3,(H2,24,25,26,28)/t13-,14+,15-,16+/m1/s1. The lowest BCUT2D eigenvalue weighted by molar-refractivity contribution is 0.0908. The molecular formula is C22H28N6O3S. The first kappa shape index (κ1) is 21.4. The Bertz CT molecular complexity index is 1120. The van der Waals surface area contributed by atoms with E-state index in [1.165, 1.54) is 0 Å². The molecule has 1 saturated carbocycles. The van der Waals surface area contributed by atoms with Crippen LogP contribution in [0.4, 0.5) is 11.8 Å². The fourth-order valence-corrected chi connectivity index (χ4v) is 5.64. The zero-order valence-electron chi connectivity index (χ0n) is 18.2. The summed E-state index contributed by atoms with van der Waals surface area (Å²) in [5.74, 6) is 1.13. The molecule has 4 atom stereocenters. The highest BCUT2D eigenvalue weighted by Crippen LogP contribution is 2.38. The monoisotopic (exact) mass is 456 g/mol. The maximum Gasteiger partial charge on any atom is 0.225 e. The SMILES string of the molecule is Cc1nc(N[C@H]2CCOC2)nc(N[C@@H]2C[C@H](CO)[C@@H](O)C2)c1-c1nc2c(C)nccc2s1. The molecule has 0 amide bonds. The topological polar surface area (TPSA) is 125 Å². The maximum atomic E-state index is 10.3. The van der Waals surface area contributed by atoms with Crippen LogP contribution in [0.15, 0.2) is 12.3 Å². The van der Waals surface area contributed by atoms with Gasteiger partial charge in [-0.2, -0.15) is 4.98 Å². The minimum Gasteiger partial charge on any atom is -0.396 e. The lowest BCUT2D eigenvalue weighted by Crippen LogP contribution is -2.23. The van der Waals surface area contributed by atoms with Crippen molar-refractivity contribution in [3.8, 4) is 10.6 Å². The van der Waals surface area contributed by atoms with E-state index in [9.17, 15) is 10.2 Å². The molecule has 10 heteroatoms. The van der Waals surface area contributed by atoms with Crippen LogP contribution in [0.25, 0.3) is 20.8 Å². The number of hydrogen-bond acceptors (Lipinski definition) is 10. The molecule has 0 radical (unpaired) electrons. The molecule has 0 aromatic carbocycles. The third-order valence-electron chi connectivity index (χ3n) is 6.29. The Balaban J connectivity index is 1.53. The van der Waals surface area contributed by atoms with E-state index in [1.54, 1.807) is 17.5 Å². The molecule has 5 rings (SSSR count). The molecule has 0 unspecified atom stereocenters. The van der Waals surface area contributed by atoms with E-state index in [-0.39, 0.29) is 24.6 Å². The molecule has 4 N–H and O–H groups in total. The predicted octanol–water partition coefficient (Wildman–Crippen LogP) is 2.51. The Labute approximate surface area is 190 Å².